The molecule has 0 saturated carbocycles. The van der Waals surface area contributed by atoms with E-state index in [4.69, 9.17) is 0 Å². The van der Waals surface area contributed by atoms with Gasteiger partial charge in [0.15, 0.2) is 0 Å². The molecule has 1 heteroatoms. The number of hydrogen-bond acceptors (Lipinski definition) is 1. The van der Waals surface area contributed by atoms with E-state index in [1.54, 1.807) is 0 Å². The lowest BCUT2D eigenvalue weighted by atomic mass is 9.63. The van der Waals surface area contributed by atoms with Crippen LogP contribution >= 0.6 is 0 Å². The quantitative estimate of drug-likeness (QED) is 0.208. The van der Waals surface area contributed by atoms with Crippen LogP contribution in [0.5, 0.6) is 0 Å². The lowest BCUT2D eigenvalue weighted by Crippen LogP contribution is -2.36. The van der Waals surface area contributed by atoms with Crippen LogP contribution in [-0.4, -0.2) is 0 Å². The average Bonchev–Trinajstić information content (AvgIpc) is 3.41. The number of hydrogen-bond donors (Lipinski definition) is 0. The Morgan fingerprint density at radius 3 is 1.48 bits per heavy atom. The zero-order chi connectivity index (χ0) is 29.1. The second-order valence-corrected chi connectivity index (χ2v) is 11.7. The summed E-state index contributed by atoms with van der Waals surface area (Å²) >= 11 is 0. The molecule has 0 aromatic heterocycles. The number of rotatable bonds is 3. The maximum atomic E-state index is 2.44. The second-order valence-electron chi connectivity index (χ2n) is 11.7. The Bertz CT molecular complexity index is 2110. The molecule has 1 spiro atoms. The van der Waals surface area contributed by atoms with Gasteiger partial charge in [0.25, 0.3) is 0 Å². The zero-order valence-corrected chi connectivity index (χ0v) is 24.2. The minimum atomic E-state index is -0.473. The van der Waals surface area contributed by atoms with Gasteiger partial charge in [0.05, 0.1) is 16.8 Å². The molecule has 2 aliphatic rings. The molecule has 0 bridgehead atoms. The minimum absolute atomic E-state index is 0.473. The molecule has 1 aliphatic carbocycles. The van der Waals surface area contributed by atoms with Gasteiger partial charge in [0.2, 0.25) is 0 Å². The standard InChI is InChI=1S/C43H29N/c1-3-14-30(15-4-1)31-26-28-32(29-27-31)34-19-13-20-36-35-18-7-8-21-37(35)43(42(34)36)38-22-9-11-24-40(38)44(33-16-5-2-6-17-33)41-25-12-10-23-39(41)43/h1-29H. The van der Waals surface area contributed by atoms with Crippen LogP contribution in [0.4, 0.5) is 17.1 Å². The first-order valence-corrected chi connectivity index (χ1v) is 15.3. The van der Waals surface area contributed by atoms with Crippen LogP contribution in [-0.2, 0) is 5.41 Å². The summed E-state index contributed by atoms with van der Waals surface area (Å²) in [6.07, 6.45) is 0. The number of para-hydroxylation sites is 3. The van der Waals surface area contributed by atoms with Crippen molar-refractivity contribution in [3.8, 4) is 33.4 Å². The lowest BCUT2D eigenvalue weighted by Gasteiger charge is -2.45. The summed E-state index contributed by atoms with van der Waals surface area (Å²) in [5.41, 5.74) is 16.0. The lowest BCUT2D eigenvalue weighted by molar-refractivity contribution is 0.754. The molecule has 0 fully saturated rings. The van der Waals surface area contributed by atoms with E-state index in [-0.39, 0.29) is 0 Å². The van der Waals surface area contributed by atoms with Crippen LogP contribution in [0.1, 0.15) is 22.3 Å². The van der Waals surface area contributed by atoms with Crippen molar-refractivity contribution in [3.63, 3.8) is 0 Å². The highest BCUT2D eigenvalue weighted by atomic mass is 15.2. The highest BCUT2D eigenvalue weighted by Gasteiger charge is 2.52. The second kappa shape index (κ2) is 9.69. The summed E-state index contributed by atoms with van der Waals surface area (Å²) in [6.45, 7) is 0. The predicted octanol–water partition coefficient (Wildman–Crippen LogP) is 11.2. The number of fused-ring (bicyclic) bond motifs is 9. The van der Waals surface area contributed by atoms with Crippen molar-refractivity contribution in [2.45, 2.75) is 5.41 Å². The van der Waals surface area contributed by atoms with Gasteiger partial charge in [0.1, 0.15) is 0 Å². The van der Waals surface area contributed by atoms with E-state index in [0.717, 1.165) is 0 Å². The SMILES string of the molecule is c1ccc(-c2ccc(-c3cccc4c3C3(c5ccccc5-4)c4ccccc4N(c4ccccc4)c4ccccc43)cc2)cc1. The van der Waals surface area contributed by atoms with Crippen molar-refractivity contribution in [1.29, 1.82) is 0 Å². The monoisotopic (exact) mass is 559 g/mol. The first-order chi connectivity index (χ1) is 21.9. The highest BCUT2D eigenvalue weighted by molar-refractivity contribution is 5.99. The van der Waals surface area contributed by atoms with Crippen LogP contribution in [0.25, 0.3) is 33.4 Å². The van der Waals surface area contributed by atoms with E-state index in [1.165, 1.54) is 72.7 Å². The molecule has 1 aliphatic heterocycles. The van der Waals surface area contributed by atoms with Crippen molar-refractivity contribution in [2.24, 2.45) is 0 Å². The molecule has 0 amide bonds. The van der Waals surface area contributed by atoms with Crippen molar-refractivity contribution >= 4 is 17.1 Å². The molecule has 0 unspecified atom stereocenters. The Kier molecular flexibility index (Phi) is 5.48. The summed E-state index contributed by atoms with van der Waals surface area (Å²) in [5.74, 6) is 0. The van der Waals surface area contributed by atoms with Crippen molar-refractivity contribution < 1.29 is 0 Å². The third-order valence-electron chi connectivity index (χ3n) is 9.48. The van der Waals surface area contributed by atoms with Gasteiger partial charge in [-0.05, 0) is 79.9 Å². The molecule has 0 saturated heterocycles. The molecule has 7 aromatic carbocycles. The van der Waals surface area contributed by atoms with E-state index in [2.05, 4.69) is 181 Å². The first-order valence-electron chi connectivity index (χ1n) is 15.3. The summed E-state index contributed by atoms with van der Waals surface area (Å²) < 4.78 is 0. The van der Waals surface area contributed by atoms with Gasteiger partial charge in [0, 0.05) is 5.69 Å². The average molecular weight is 560 g/mol. The third-order valence-corrected chi connectivity index (χ3v) is 9.48. The Labute approximate surface area is 258 Å². The highest BCUT2D eigenvalue weighted by Crippen LogP contribution is 2.64. The normalized spacial score (nSPS) is 13.6. The topological polar surface area (TPSA) is 3.24 Å². The Hall–Kier alpha value is -5.66. The number of nitrogens with zero attached hydrogens (tertiary/aromatic N) is 1. The maximum absolute atomic E-state index is 2.44. The molecular formula is C43H29N. The molecule has 7 aromatic rings. The van der Waals surface area contributed by atoms with Gasteiger partial charge in [-0.1, -0.05) is 152 Å². The van der Waals surface area contributed by atoms with Crippen molar-refractivity contribution in [3.05, 3.63) is 198 Å². The molecular weight excluding hydrogens is 530 g/mol. The largest absolute Gasteiger partial charge is 0.310 e. The molecule has 44 heavy (non-hydrogen) atoms. The Balaban J connectivity index is 1.36. The number of anilines is 3. The molecule has 0 radical (unpaired) electrons. The first kappa shape index (κ1) is 24.9. The smallest absolute Gasteiger partial charge is 0.0760 e. The van der Waals surface area contributed by atoms with E-state index in [0.29, 0.717) is 0 Å². The van der Waals surface area contributed by atoms with Crippen LogP contribution < -0.4 is 4.90 Å². The molecule has 206 valence electrons. The maximum Gasteiger partial charge on any atom is 0.0760 e. The van der Waals surface area contributed by atoms with E-state index in [9.17, 15) is 0 Å². The van der Waals surface area contributed by atoms with Crippen molar-refractivity contribution in [2.75, 3.05) is 4.90 Å². The third kappa shape index (κ3) is 3.41. The molecule has 1 heterocycles. The van der Waals surface area contributed by atoms with E-state index >= 15 is 0 Å². The summed E-state index contributed by atoms with van der Waals surface area (Å²) in [7, 11) is 0. The van der Waals surface area contributed by atoms with Crippen LogP contribution in [0.15, 0.2) is 176 Å². The molecule has 9 rings (SSSR count). The van der Waals surface area contributed by atoms with E-state index < -0.39 is 5.41 Å². The molecule has 0 atom stereocenters. The zero-order valence-electron chi connectivity index (χ0n) is 24.2. The van der Waals surface area contributed by atoms with Gasteiger partial charge in [-0.3, -0.25) is 0 Å². The van der Waals surface area contributed by atoms with Gasteiger partial charge in [-0.15, -0.1) is 0 Å². The fourth-order valence-corrected chi connectivity index (χ4v) is 7.73. The van der Waals surface area contributed by atoms with Gasteiger partial charge in [-0.25, -0.2) is 0 Å². The van der Waals surface area contributed by atoms with Gasteiger partial charge < -0.3 is 4.90 Å². The molecule has 1 nitrogen and oxygen atoms in total. The van der Waals surface area contributed by atoms with Crippen LogP contribution in [0, 0.1) is 0 Å². The Morgan fingerprint density at radius 1 is 0.318 bits per heavy atom. The van der Waals surface area contributed by atoms with Crippen molar-refractivity contribution in [1.82, 2.24) is 0 Å². The molecule has 0 N–H and O–H groups in total. The summed E-state index contributed by atoms with van der Waals surface area (Å²) in [4.78, 5) is 2.44. The van der Waals surface area contributed by atoms with Gasteiger partial charge in [-0.2, -0.15) is 0 Å². The summed E-state index contributed by atoms with van der Waals surface area (Å²) in [6, 6.07) is 64.4. The van der Waals surface area contributed by atoms with Gasteiger partial charge >= 0.3 is 0 Å². The predicted molar refractivity (Wildman–Crippen MR) is 183 cm³/mol. The van der Waals surface area contributed by atoms with E-state index in [1.807, 2.05) is 0 Å². The minimum Gasteiger partial charge on any atom is -0.310 e. The fourth-order valence-electron chi connectivity index (χ4n) is 7.73. The Morgan fingerprint density at radius 2 is 0.795 bits per heavy atom. The van der Waals surface area contributed by atoms with Crippen LogP contribution in [0.2, 0.25) is 0 Å². The summed E-state index contributed by atoms with van der Waals surface area (Å²) in [5, 5.41) is 0. The number of benzene rings is 7. The van der Waals surface area contributed by atoms with Crippen LogP contribution in [0.3, 0.4) is 0 Å². The fraction of sp³-hybridized carbons (Fsp3) is 0.0233.